The maximum Gasteiger partial charge on any atom is 0.329 e. The Labute approximate surface area is 332 Å². The maximum absolute atomic E-state index is 16.2. The summed E-state index contributed by atoms with van der Waals surface area (Å²) in [5.41, 5.74) is 1.03. The number of pyridine rings is 1. The number of carbonyl (C=O) groups is 3. The molecule has 0 spiro atoms. The van der Waals surface area contributed by atoms with Crippen LogP contribution in [0.1, 0.15) is 98.4 Å². The highest BCUT2D eigenvalue weighted by atomic mass is 19.3. The minimum absolute atomic E-state index is 0.0841. The standard InChI is InChI=1S/C42H45F2N9O5/c1-41(2,58)29-20-31-25(19-32(29)47-38(55)30-8-6-10-35(45-3)46-30)22-52(49-31)26-13-11-24(12-14-26)21-51-18-17-28(42(43,44)23-51)27-7-5-9-33-37(27)50(4)40(57)53(33)34-15-16-36(54)48-39(34)56/h5-10,19-20,22,24,26,28,34,58H,11-18,21,23H2,1-2,4H3,(H,47,55)(H,48,54,56). The maximum atomic E-state index is 16.2. The van der Waals surface area contributed by atoms with Crippen molar-refractivity contribution in [2.24, 2.45) is 13.0 Å². The van der Waals surface area contributed by atoms with Crippen LogP contribution in [-0.2, 0) is 22.2 Å². The Hall–Kier alpha value is -5.79. The van der Waals surface area contributed by atoms with Crippen LogP contribution in [0, 0.1) is 12.5 Å². The number of likely N-dealkylation sites (tertiary alicyclic amines) is 1. The van der Waals surface area contributed by atoms with Gasteiger partial charge in [-0.1, -0.05) is 24.8 Å². The van der Waals surface area contributed by atoms with Crippen molar-refractivity contribution in [3.8, 4) is 0 Å². The molecule has 2 aromatic carbocycles. The second-order valence-electron chi connectivity index (χ2n) is 16.5. The van der Waals surface area contributed by atoms with Crippen molar-refractivity contribution >= 4 is 51.2 Å². The molecule has 3 aliphatic rings. The van der Waals surface area contributed by atoms with Crippen molar-refractivity contribution in [1.29, 1.82) is 0 Å². The summed E-state index contributed by atoms with van der Waals surface area (Å²) < 4.78 is 37.0. The number of rotatable bonds is 8. The van der Waals surface area contributed by atoms with Gasteiger partial charge >= 0.3 is 5.69 Å². The number of fused-ring (bicyclic) bond motifs is 2. The third-order valence-corrected chi connectivity index (χ3v) is 12.1. The highest BCUT2D eigenvalue weighted by molar-refractivity contribution is 6.05. The number of carbonyl (C=O) groups excluding carboxylic acids is 3. The number of nitrogens with one attached hydrogen (secondary N) is 2. The zero-order chi connectivity index (χ0) is 41.1. The predicted molar refractivity (Wildman–Crippen MR) is 212 cm³/mol. The van der Waals surface area contributed by atoms with Gasteiger partial charge in [-0.3, -0.25) is 38.4 Å². The van der Waals surface area contributed by atoms with Gasteiger partial charge < -0.3 is 15.3 Å². The van der Waals surface area contributed by atoms with Crippen LogP contribution in [-0.4, -0.2) is 77.2 Å². The number of imidazole rings is 1. The second kappa shape index (κ2) is 14.9. The molecule has 1 aliphatic carbocycles. The number of nitrogens with zero attached hydrogens (tertiary/aromatic N) is 7. The zero-order valence-corrected chi connectivity index (χ0v) is 32.5. The summed E-state index contributed by atoms with van der Waals surface area (Å²) in [5.74, 6) is -5.31. The number of alkyl halides is 2. The molecule has 2 aliphatic heterocycles. The summed E-state index contributed by atoms with van der Waals surface area (Å²) in [6.45, 7) is 11.1. The quantitative estimate of drug-likeness (QED) is 0.128. The van der Waals surface area contributed by atoms with Crippen molar-refractivity contribution in [1.82, 2.24) is 34.1 Å². The van der Waals surface area contributed by atoms with Crippen LogP contribution in [0.5, 0.6) is 0 Å². The minimum atomic E-state index is -3.07. The van der Waals surface area contributed by atoms with Crippen LogP contribution in [0.25, 0.3) is 26.8 Å². The molecule has 2 saturated heterocycles. The monoisotopic (exact) mass is 793 g/mol. The van der Waals surface area contributed by atoms with E-state index in [-0.39, 0.29) is 42.7 Å². The Morgan fingerprint density at radius 3 is 2.53 bits per heavy atom. The first-order valence-corrected chi connectivity index (χ1v) is 19.7. The second-order valence-corrected chi connectivity index (χ2v) is 16.5. The fourth-order valence-corrected chi connectivity index (χ4v) is 9.17. The number of aromatic nitrogens is 5. The molecule has 14 nitrogen and oxygen atoms in total. The molecule has 3 aromatic heterocycles. The van der Waals surface area contributed by atoms with E-state index < -0.39 is 53.4 Å². The molecular weight excluding hydrogens is 749 g/mol. The Bertz CT molecular complexity index is 2560. The number of hydrogen-bond acceptors (Lipinski definition) is 8. The lowest BCUT2D eigenvalue weighted by atomic mass is 9.83. The van der Waals surface area contributed by atoms with Crippen LogP contribution in [0.4, 0.5) is 20.3 Å². The fourth-order valence-electron chi connectivity index (χ4n) is 9.17. The molecule has 3 fully saturated rings. The van der Waals surface area contributed by atoms with E-state index in [4.69, 9.17) is 11.7 Å². The number of para-hydroxylation sites is 1. The summed E-state index contributed by atoms with van der Waals surface area (Å²) in [6.07, 6.45) is 5.71. The Kier molecular flexibility index (Phi) is 10.0. The largest absolute Gasteiger partial charge is 0.386 e. The molecule has 2 atom stereocenters. The van der Waals surface area contributed by atoms with Gasteiger partial charge in [0.1, 0.15) is 6.04 Å². The molecule has 16 heteroatoms. The Morgan fingerprint density at radius 2 is 1.83 bits per heavy atom. The van der Waals surface area contributed by atoms with E-state index in [1.807, 2.05) is 15.8 Å². The predicted octanol–water partition coefficient (Wildman–Crippen LogP) is 5.95. The van der Waals surface area contributed by atoms with E-state index >= 15 is 8.78 Å². The number of benzene rings is 2. The number of hydrogen-bond donors (Lipinski definition) is 3. The van der Waals surface area contributed by atoms with E-state index in [1.165, 1.54) is 28.3 Å². The summed E-state index contributed by atoms with van der Waals surface area (Å²) in [4.78, 5) is 60.3. The van der Waals surface area contributed by atoms with Crippen LogP contribution in [0.3, 0.4) is 0 Å². The molecule has 58 heavy (non-hydrogen) atoms. The van der Waals surface area contributed by atoms with Crippen LogP contribution < -0.4 is 16.3 Å². The van der Waals surface area contributed by atoms with Crippen LogP contribution >= 0.6 is 0 Å². The highest BCUT2D eigenvalue weighted by Gasteiger charge is 2.47. The van der Waals surface area contributed by atoms with Gasteiger partial charge in [0.05, 0.1) is 40.7 Å². The van der Waals surface area contributed by atoms with Crippen molar-refractivity contribution in [2.75, 3.05) is 25.0 Å². The lowest BCUT2D eigenvalue weighted by Gasteiger charge is -2.41. The summed E-state index contributed by atoms with van der Waals surface area (Å²) in [5, 5.41) is 21.8. The smallest absolute Gasteiger partial charge is 0.329 e. The van der Waals surface area contributed by atoms with E-state index in [1.54, 1.807) is 50.2 Å². The van der Waals surface area contributed by atoms with Crippen molar-refractivity contribution < 1.29 is 28.3 Å². The number of amides is 3. The van der Waals surface area contributed by atoms with Gasteiger partial charge in [-0.15, -0.1) is 4.98 Å². The molecule has 0 radical (unpaired) electrons. The third kappa shape index (κ3) is 7.28. The average Bonchev–Trinajstić information content (AvgIpc) is 3.71. The first-order chi connectivity index (χ1) is 27.6. The number of anilines is 1. The molecule has 3 N–H and O–H groups in total. The number of aryl methyl sites for hydroxylation is 1. The highest BCUT2D eigenvalue weighted by Crippen LogP contribution is 2.44. The van der Waals surface area contributed by atoms with E-state index in [0.29, 0.717) is 46.5 Å². The molecule has 1 saturated carbocycles. The SMILES string of the molecule is [C-]#[N+]c1cccc(C(=O)Nc2cc3cn(C4CCC(CN5CCC(c6cccc7c6n(C)c(=O)n7C6CCC(=O)NC6=O)C(F)(F)C5)CC4)nc3cc2C(C)(C)O)n1. The fraction of sp³-hybridized carbons (Fsp3) is 0.452. The van der Waals surface area contributed by atoms with Crippen molar-refractivity contribution in [3.05, 3.63) is 93.5 Å². The molecule has 5 heterocycles. The lowest BCUT2D eigenvalue weighted by molar-refractivity contribution is -0.135. The van der Waals surface area contributed by atoms with Gasteiger partial charge in [-0.25, -0.2) is 13.6 Å². The van der Waals surface area contributed by atoms with Crippen LogP contribution in [0.15, 0.2) is 59.5 Å². The average molecular weight is 794 g/mol. The van der Waals surface area contributed by atoms with Gasteiger partial charge in [0, 0.05) is 42.8 Å². The topological polar surface area (TPSA) is 161 Å². The molecular formula is C42H45F2N9O5. The zero-order valence-electron chi connectivity index (χ0n) is 32.5. The number of halogens is 2. The first-order valence-electron chi connectivity index (χ1n) is 19.7. The summed E-state index contributed by atoms with van der Waals surface area (Å²) in [6, 6.07) is 12.4. The molecule has 302 valence electrons. The lowest BCUT2D eigenvalue weighted by Crippen LogP contribution is -2.49. The minimum Gasteiger partial charge on any atom is -0.386 e. The molecule has 0 bridgehead atoms. The van der Waals surface area contributed by atoms with Gasteiger partial charge in [0.25, 0.3) is 17.6 Å². The number of piperidine rings is 2. The molecule has 5 aromatic rings. The summed E-state index contributed by atoms with van der Waals surface area (Å²) in [7, 11) is 1.54. The van der Waals surface area contributed by atoms with E-state index in [9.17, 15) is 24.3 Å². The van der Waals surface area contributed by atoms with Gasteiger partial charge in [-0.05, 0) is 101 Å². The van der Waals surface area contributed by atoms with Crippen LogP contribution in [0.2, 0.25) is 0 Å². The Balaban J connectivity index is 0.928. The number of aliphatic hydroxyl groups is 1. The van der Waals surface area contributed by atoms with E-state index in [2.05, 4.69) is 20.5 Å². The molecule has 3 amide bonds. The summed E-state index contributed by atoms with van der Waals surface area (Å²) >= 11 is 0. The number of imide groups is 1. The van der Waals surface area contributed by atoms with Gasteiger partial charge in [-0.2, -0.15) is 5.10 Å². The van der Waals surface area contributed by atoms with Crippen molar-refractivity contribution in [2.45, 2.75) is 88.3 Å². The molecule has 2 unspecified atom stereocenters. The van der Waals surface area contributed by atoms with Gasteiger partial charge in [0.15, 0.2) is 0 Å². The van der Waals surface area contributed by atoms with E-state index in [0.717, 1.165) is 31.1 Å². The normalized spacial score (nSPS) is 22.8. The van der Waals surface area contributed by atoms with Crippen molar-refractivity contribution in [3.63, 3.8) is 0 Å². The third-order valence-electron chi connectivity index (χ3n) is 12.1. The van der Waals surface area contributed by atoms with Gasteiger partial charge in [0.2, 0.25) is 17.5 Å². The first kappa shape index (κ1) is 39.1. The molecule has 8 rings (SSSR count). The Morgan fingerprint density at radius 1 is 1.07 bits per heavy atom.